The van der Waals surface area contributed by atoms with Crippen LogP contribution in [-0.2, 0) is 0 Å². The fraction of sp³-hybridized carbons (Fsp3) is 0.688. The zero-order valence-corrected chi connectivity index (χ0v) is 12.3. The zero-order chi connectivity index (χ0) is 13.5. The first-order valence-corrected chi connectivity index (χ1v) is 7.71. The summed E-state index contributed by atoms with van der Waals surface area (Å²) < 4.78 is 0. The van der Waals surface area contributed by atoms with Crippen molar-refractivity contribution in [2.75, 3.05) is 23.7 Å². The Kier molecular flexibility index (Phi) is 5.49. The van der Waals surface area contributed by atoms with E-state index in [-0.39, 0.29) is 0 Å². The van der Waals surface area contributed by atoms with Gasteiger partial charge >= 0.3 is 0 Å². The average Bonchev–Trinajstić information content (AvgIpc) is 2.43. The molecule has 2 atom stereocenters. The van der Waals surface area contributed by atoms with Gasteiger partial charge in [-0.3, -0.25) is 0 Å². The smallest absolute Gasteiger partial charge is 0.127 e. The van der Waals surface area contributed by atoms with Gasteiger partial charge in [-0.15, -0.1) is 0 Å². The highest BCUT2D eigenvalue weighted by Gasteiger charge is 2.18. The summed E-state index contributed by atoms with van der Waals surface area (Å²) in [6, 6.07) is 4.17. The molecule has 3 nitrogen and oxygen atoms in total. The molecular formula is C16H27N3. The van der Waals surface area contributed by atoms with E-state index in [9.17, 15) is 0 Å². The van der Waals surface area contributed by atoms with Gasteiger partial charge in [0.05, 0.1) is 0 Å². The van der Waals surface area contributed by atoms with E-state index in [4.69, 9.17) is 0 Å². The van der Waals surface area contributed by atoms with Crippen molar-refractivity contribution >= 4 is 11.5 Å². The Morgan fingerprint density at radius 3 is 3.00 bits per heavy atom. The van der Waals surface area contributed by atoms with Crippen LogP contribution in [0.4, 0.5) is 11.5 Å². The molecule has 0 radical (unpaired) electrons. The van der Waals surface area contributed by atoms with Gasteiger partial charge in [0.1, 0.15) is 5.82 Å². The molecule has 0 bridgehead atoms. The molecule has 106 valence electrons. The molecule has 0 amide bonds. The van der Waals surface area contributed by atoms with Crippen LogP contribution in [0.1, 0.15) is 46.0 Å². The number of nitrogens with one attached hydrogen (secondary N) is 2. The summed E-state index contributed by atoms with van der Waals surface area (Å²) in [6.45, 7) is 6.63. The minimum atomic E-state index is 0.837. The van der Waals surface area contributed by atoms with E-state index in [2.05, 4.69) is 41.6 Å². The van der Waals surface area contributed by atoms with Gasteiger partial charge in [-0.25, -0.2) is 4.98 Å². The van der Waals surface area contributed by atoms with Crippen molar-refractivity contribution < 1.29 is 0 Å². The first kappa shape index (κ1) is 14.2. The molecular weight excluding hydrogens is 234 g/mol. The minimum absolute atomic E-state index is 0.837. The third-order valence-electron chi connectivity index (χ3n) is 3.96. The van der Waals surface area contributed by atoms with E-state index in [0.29, 0.717) is 0 Å². The fourth-order valence-electron chi connectivity index (χ4n) is 2.90. The highest BCUT2D eigenvalue weighted by molar-refractivity contribution is 5.51. The molecule has 2 rings (SSSR count). The van der Waals surface area contributed by atoms with Crippen LogP contribution >= 0.6 is 0 Å². The van der Waals surface area contributed by atoms with E-state index in [1.165, 1.54) is 31.4 Å². The number of rotatable bonds is 6. The predicted octanol–water partition coefficient (Wildman–Crippen LogP) is 4.14. The number of hydrogen-bond donors (Lipinski definition) is 2. The Labute approximate surface area is 117 Å². The summed E-state index contributed by atoms with van der Waals surface area (Å²) in [5, 5.41) is 6.90. The van der Waals surface area contributed by atoms with Crippen molar-refractivity contribution in [2.45, 2.75) is 46.0 Å². The maximum Gasteiger partial charge on any atom is 0.127 e. The van der Waals surface area contributed by atoms with Crippen LogP contribution in [0.25, 0.3) is 0 Å². The monoisotopic (exact) mass is 261 g/mol. The molecule has 0 spiro atoms. The SMILES string of the molecule is CCCNc1cc(NCC2CCCC(C)C2)ccn1. The molecule has 2 N–H and O–H groups in total. The van der Waals surface area contributed by atoms with Crippen LogP contribution in [0.3, 0.4) is 0 Å². The highest BCUT2D eigenvalue weighted by atomic mass is 15.0. The molecule has 2 unspecified atom stereocenters. The van der Waals surface area contributed by atoms with Crippen molar-refractivity contribution in [2.24, 2.45) is 11.8 Å². The second-order valence-electron chi connectivity index (χ2n) is 5.88. The van der Waals surface area contributed by atoms with Crippen LogP contribution in [0, 0.1) is 11.8 Å². The van der Waals surface area contributed by atoms with Gasteiger partial charge in [-0.2, -0.15) is 0 Å². The second kappa shape index (κ2) is 7.37. The molecule has 0 saturated heterocycles. The summed E-state index contributed by atoms with van der Waals surface area (Å²) >= 11 is 0. The minimum Gasteiger partial charge on any atom is -0.385 e. The highest BCUT2D eigenvalue weighted by Crippen LogP contribution is 2.28. The number of nitrogens with zero attached hydrogens (tertiary/aromatic N) is 1. The van der Waals surface area contributed by atoms with Gasteiger partial charge in [-0.05, 0) is 37.2 Å². The van der Waals surface area contributed by atoms with Crippen molar-refractivity contribution in [3.63, 3.8) is 0 Å². The van der Waals surface area contributed by atoms with E-state index in [1.807, 2.05) is 6.20 Å². The third kappa shape index (κ3) is 4.73. The predicted molar refractivity (Wildman–Crippen MR) is 82.6 cm³/mol. The summed E-state index contributed by atoms with van der Waals surface area (Å²) in [5.74, 6) is 2.72. The summed E-state index contributed by atoms with van der Waals surface area (Å²) in [4.78, 5) is 4.33. The molecule has 1 saturated carbocycles. The number of anilines is 2. The molecule has 1 heterocycles. The van der Waals surface area contributed by atoms with Gasteiger partial charge in [0, 0.05) is 31.0 Å². The summed E-state index contributed by atoms with van der Waals surface area (Å²) in [6.07, 6.45) is 8.56. The molecule has 1 fully saturated rings. The van der Waals surface area contributed by atoms with Crippen LogP contribution in [0.15, 0.2) is 18.3 Å². The molecule has 0 aromatic carbocycles. The quantitative estimate of drug-likeness (QED) is 0.808. The van der Waals surface area contributed by atoms with Crippen LogP contribution in [0.2, 0.25) is 0 Å². The van der Waals surface area contributed by atoms with Gasteiger partial charge in [0.25, 0.3) is 0 Å². The van der Waals surface area contributed by atoms with Crippen molar-refractivity contribution in [1.82, 2.24) is 4.98 Å². The Morgan fingerprint density at radius 1 is 1.32 bits per heavy atom. The maximum atomic E-state index is 4.33. The second-order valence-corrected chi connectivity index (χ2v) is 5.88. The van der Waals surface area contributed by atoms with E-state index >= 15 is 0 Å². The summed E-state index contributed by atoms with van der Waals surface area (Å²) in [5.41, 5.74) is 1.19. The van der Waals surface area contributed by atoms with E-state index in [1.54, 1.807) is 0 Å². The topological polar surface area (TPSA) is 37.0 Å². The normalized spacial score (nSPS) is 23.1. The lowest BCUT2D eigenvalue weighted by Gasteiger charge is -2.27. The molecule has 1 aromatic rings. The lowest BCUT2D eigenvalue weighted by atomic mass is 9.82. The van der Waals surface area contributed by atoms with Crippen LogP contribution < -0.4 is 10.6 Å². The Bertz CT molecular complexity index is 378. The van der Waals surface area contributed by atoms with Gasteiger partial charge in [0.15, 0.2) is 0 Å². The van der Waals surface area contributed by atoms with Crippen LogP contribution in [0.5, 0.6) is 0 Å². The molecule has 0 aliphatic heterocycles. The number of aromatic nitrogens is 1. The lowest BCUT2D eigenvalue weighted by Crippen LogP contribution is -2.21. The van der Waals surface area contributed by atoms with Crippen molar-refractivity contribution in [3.8, 4) is 0 Å². The molecule has 1 aliphatic rings. The maximum absolute atomic E-state index is 4.33. The lowest BCUT2D eigenvalue weighted by molar-refractivity contribution is 0.293. The molecule has 1 aromatic heterocycles. The van der Waals surface area contributed by atoms with Gasteiger partial charge < -0.3 is 10.6 Å². The largest absolute Gasteiger partial charge is 0.385 e. The van der Waals surface area contributed by atoms with Crippen LogP contribution in [-0.4, -0.2) is 18.1 Å². The standard InChI is InChI=1S/C16H27N3/c1-3-8-17-16-11-15(7-9-18-16)19-12-14-6-4-5-13(2)10-14/h7,9,11,13-14H,3-6,8,10,12H2,1-2H3,(H2,17,18,19). The molecule has 19 heavy (non-hydrogen) atoms. The van der Waals surface area contributed by atoms with E-state index in [0.717, 1.165) is 37.2 Å². The van der Waals surface area contributed by atoms with Crippen molar-refractivity contribution in [3.05, 3.63) is 18.3 Å². The van der Waals surface area contributed by atoms with Gasteiger partial charge in [-0.1, -0.05) is 26.7 Å². The first-order chi connectivity index (χ1) is 9.28. The Morgan fingerprint density at radius 2 is 2.21 bits per heavy atom. The van der Waals surface area contributed by atoms with E-state index < -0.39 is 0 Å². The zero-order valence-electron chi connectivity index (χ0n) is 12.3. The Hall–Kier alpha value is -1.25. The molecule has 1 aliphatic carbocycles. The fourth-order valence-corrected chi connectivity index (χ4v) is 2.90. The Balaban J connectivity index is 1.81. The number of pyridine rings is 1. The van der Waals surface area contributed by atoms with Crippen molar-refractivity contribution in [1.29, 1.82) is 0 Å². The summed E-state index contributed by atoms with van der Waals surface area (Å²) in [7, 11) is 0. The van der Waals surface area contributed by atoms with Gasteiger partial charge in [0.2, 0.25) is 0 Å². The number of hydrogen-bond acceptors (Lipinski definition) is 3. The average molecular weight is 261 g/mol. The third-order valence-corrected chi connectivity index (χ3v) is 3.96. The molecule has 3 heteroatoms. The first-order valence-electron chi connectivity index (χ1n) is 7.71.